The Bertz CT molecular complexity index is 273. The molecule has 2 saturated heterocycles. The highest BCUT2D eigenvalue weighted by Crippen LogP contribution is 2.31. The van der Waals surface area contributed by atoms with Crippen LogP contribution in [0.15, 0.2) is 9.21 Å². The van der Waals surface area contributed by atoms with E-state index in [1.165, 1.54) is 57.7 Å². The smallest absolute Gasteiger partial charge is 0.126 e. The van der Waals surface area contributed by atoms with Crippen molar-refractivity contribution < 1.29 is 0 Å². The van der Waals surface area contributed by atoms with E-state index in [-0.39, 0.29) is 0 Å². The predicted molar refractivity (Wildman–Crippen MR) is 84.8 cm³/mol. The molecular formula is C14H24Br2N2. The Kier molecular flexibility index (Phi) is 5.43. The quantitative estimate of drug-likeness (QED) is 0.702. The maximum atomic E-state index is 3.66. The number of piperidine rings is 2. The second-order valence-electron chi connectivity index (χ2n) is 5.92. The van der Waals surface area contributed by atoms with Crippen molar-refractivity contribution in [2.75, 3.05) is 26.2 Å². The van der Waals surface area contributed by atoms with Crippen molar-refractivity contribution in [3.05, 3.63) is 9.21 Å². The monoisotopic (exact) mass is 378 g/mol. The van der Waals surface area contributed by atoms with Gasteiger partial charge in [-0.25, -0.2) is 0 Å². The lowest BCUT2D eigenvalue weighted by atomic mass is 9.98. The SMILES string of the molecule is CC1CCN(C(=C(Br)Br)N2CCC(C)CC2)CC1. The highest BCUT2D eigenvalue weighted by molar-refractivity contribution is 9.28. The van der Waals surface area contributed by atoms with E-state index in [2.05, 4.69) is 55.5 Å². The molecule has 0 atom stereocenters. The molecule has 2 nitrogen and oxygen atoms in total. The molecule has 0 bridgehead atoms. The van der Waals surface area contributed by atoms with E-state index in [1.807, 2.05) is 0 Å². The first kappa shape index (κ1) is 14.7. The maximum absolute atomic E-state index is 3.66. The second kappa shape index (κ2) is 6.65. The predicted octanol–water partition coefficient (Wildman–Crippen LogP) is 4.37. The molecule has 0 amide bonds. The molecule has 2 aliphatic heterocycles. The van der Waals surface area contributed by atoms with Gasteiger partial charge in [0.05, 0.1) is 0 Å². The van der Waals surface area contributed by atoms with Gasteiger partial charge in [0.15, 0.2) is 0 Å². The van der Waals surface area contributed by atoms with Crippen molar-refractivity contribution in [1.29, 1.82) is 0 Å². The Morgan fingerprint density at radius 3 is 1.39 bits per heavy atom. The van der Waals surface area contributed by atoms with Gasteiger partial charge < -0.3 is 9.80 Å². The van der Waals surface area contributed by atoms with Gasteiger partial charge in [0, 0.05) is 26.2 Å². The Balaban J connectivity index is 2.03. The summed E-state index contributed by atoms with van der Waals surface area (Å²) in [6, 6.07) is 0. The zero-order valence-corrected chi connectivity index (χ0v) is 14.6. The number of likely N-dealkylation sites (tertiary alicyclic amines) is 2. The average Bonchev–Trinajstić information content (AvgIpc) is 2.34. The fourth-order valence-electron chi connectivity index (χ4n) is 2.88. The van der Waals surface area contributed by atoms with Crippen LogP contribution in [-0.2, 0) is 0 Å². The van der Waals surface area contributed by atoms with Crippen LogP contribution >= 0.6 is 31.9 Å². The molecule has 2 rings (SSSR count). The van der Waals surface area contributed by atoms with E-state index < -0.39 is 0 Å². The Morgan fingerprint density at radius 2 is 1.11 bits per heavy atom. The van der Waals surface area contributed by atoms with Gasteiger partial charge in [-0.05, 0) is 69.4 Å². The zero-order valence-electron chi connectivity index (χ0n) is 11.5. The third kappa shape index (κ3) is 3.66. The van der Waals surface area contributed by atoms with Crippen molar-refractivity contribution in [1.82, 2.24) is 9.80 Å². The van der Waals surface area contributed by atoms with E-state index in [1.54, 1.807) is 0 Å². The van der Waals surface area contributed by atoms with E-state index >= 15 is 0 Å². The van der Waals surface area contributed by atoms with Crippen LogP contribution in [-0.4, -0.2) is 36.0 Å². The lowest BCUT2D eigenvalue weighted by Gasteiger charge is -2.42. The number of nitrogens with zero attached hydrogens (tertiary/aromatic N) is 2. The molecule has 0 unspecified atom stereocenters. The van der Waals surface area contributed by atoms with Crippen molar-refractivity contribution in [3.63, 3.8) is 0 Å². The van der Waals surface area contributed by atoms with E-state index in [0.717, 1.165) is 15.2 Å². The van der Waals surface area contributed by atoms with Crippen LogP contribution < -0.4 is 0 Å². The Morgan fingerprint density at radius 1 is 0.778 bits per heavy atom. The van der Waals surface area contributed by atoms with Gasteiger partial charge in [-0.2, -0.15) is 0 Å². The molecule has 0 radical (unpaired) electrons. The molecule has 2 heterocycles. The van der Waals surface area contributed by atoms with Gasteiger partial charge in [0.2, 0.25) is 0 Å². The van der Waals surface area contributed by atoms with Crippen LogP contribution in [0.2, 0.25) is 0 Å². The minimum Gasteiger partial charge on any atom is -0.357 e. The number of halogens is 2. The van der Waals surface area contributed by atoms with Gasteiger partial charge >= 0.3 is 0 Å². The number of hydrogen-bond acceptors (Lipinski definition) is 2. The lowest BCUT2D eigenvalue weighted by Crippen LogP contribution is -2.43. The highest BCUT2D eigenvalue weighted by Gasteiger charge is 2.26. The Hall–Kier alpha value is 0.300. The second-order valence-corrected chi connectivity index (χ2v) is 8.57. The van der Waals surface area contributed by atoms with Crippen LogP contribution in [0.1, 0.15) is 39.5 Å². The van der Waals surface area contributed by atoms with Crippen molar-refractivity contribution in [2.24, 2.45) is 11.8 Å². The molecule has 104 valence electrons. The molecule has 4 heteroatoms. The molecule has 2 aliphatic rings. The van der Waals surface area contributed by atoms with Crippen molar-refractivity contribution in [3.8, 4) is 0 Å². The van der Waals surface area contributed by atoms with Crippen molar-refractivity contribution >= 4 is 31.9 Å². The summed E-state index contributed by atoms with van der Waals surface area (Å²) in [7, 11) is 0. The number of hydrogen-bond donors (Lipinski definition) is 0. The normalized spacial score (nSPS) is 23.3. The fourth-order valence-corrected chi connectivity index (χ4v) is 3.88. The summed E-state index contributed by atoms with van der Waals surface area (Å²) in [5.74, 6) is 3.16. The molecule has 0 aromatic carbocycles. The van der Waals surface area contributed by atoms with E-state index in [0.29, 0.717) is 0 Å². The average molecular weight is 380 g/mol. The largest absolute Gasteiger partial charge is 0.357 e. The maximum Gasteiger partial charge on any atom is 0.126 e. The van der Waals surface area contributed by atoms with E-state index in [9.17, 15) is 0 Å². The van der Waals surface area contributed by atoms with E-state index in [4.69, 9.17) is 0 Å². The molecule has 0 aromatic heterocycles. The van der Waals surface area contributed by atoms with Crippen molar-refractivity contribution in [2.45, 2.75) is 39.5 Å². The standard InChI is InChI=1S/C14H24Br2N2/c1-11-3-7-17(8-4-11)14(13(15)16)18-9-5-12(2)6-10-18/h11-12H,3-10H2,1-2H3. The summed E-state index contributed by atoms with van der Waals surface area (Å²) in [6.45, 7) is 9.53. The van der Waals surface area contributed by atoms with Gasteiger partial charge in [-0.1, -0.05) is 13.8 Å². The molecule has 0 N–H and O–H groups in total. The summed E-state index contributed by atoms with van der Waals surface area (Å²) < 4.78 is 1.12. The molecule has 18 heavy (non-hydrogen) atoms. The molecule has 0 saturated carbocycles. The van der Waals surface area contributed by atoms with Gasteiger partial charge in [-0.3, -0.25) is 0 Å². The lowest BCUT2D eigenvalue weighted by molar-refractivity contribution is 0.137. The summed E-state index contributed by atoms with van der Waals surface area (Å²) >= 11 is 7.31. The highest BCUT2D eigenvalue weighted by atomic mass is 79.9. The summed E-state index contributed by atoms with van der Waals surface area (Å²) in [5.41, 5.74) is 0. The van der Waals surface area contributed by atoms with Crippen LogP contribution in [0, 0.1) is 11.8 Å². The Labute approximate surface area is 128 Å². The van der Waals surface area contributed by atoms with Crippen LogP contribution in [0.3, 0.4) is 0 Å². The summed E-state index contributed by atoms with van der Waals surface area (Å²) in [5, 5.41) is 0. The third-order valence-electron chi connectivity index (χ3n) is 4.34. The first-order chi connectivity index (χ1) is 8.58. The molecule has 0 aromatic rings. The van der Waals surface area contributed by atoms with Gasteiger partial charge in [-0.15, -0.1) is 0 Å². The van der Waals surface area contributed by atoms with Gasteiger partial charge in [0.25, 0.3) is 0 Å². The minimum atomic E-state index is 0.887. The molecule has 2 fully saturated rings. The fraction of sp³-hybridized carbons (Fsp3) is 0.857. The molecule has 0 spiro atoms. The number of rotatable bonds is 2. The van der Waals surface area contributed by atoms with Crippen LogP contribution in [0.25, 0.3) is 0 Å². The van der Waals surface area contributed by atoms with Gasteiger partial charge in [0.1, 0.15) is 9.21 Å². The third-order valence-corrected chi connectivity index (χ3v) is 5.04. The molecular weight excluding hydrogens is 356 g/mol. The van der Waals surface area contributed by atoms with Crippen LogP contribution in [0.4, 0.5) is 0 Å². The topological polar surface area (TPSA) is 6.48 Å². The minimum absolute atomic E-state index is 0.887. The van der Waals surface area contributed by atoms with Crippen LogP contribution in [0.5, 0.6) is 0 Å². The first-order valence-corrected chi connectivity index (χ1v) is 8.71. The zero-order chi connectivity index (χ0) is 13.1. The first-order valence-electron chi connectivity index (χ1n) is 7.13. The summed E-state index contributed by atoms with van der Waals surface area (Å²) in [4.78, 5) is 5.10. The summed E-state index contributed by atoms with van der Waals surface area (Å²) in [6.07, 6.45) is 5.28. The molecule has 0 aliphatic carbocycles.